The Bertz CT molecular complexity index is 1120. The lowest BCUT2D eigenvalue weighted by atomic mass is 10.0. The Morgan fingerprint density at radius 3 is 2.30 bits per heavy atom. The molecule has 2 heterocycles. The lowest BCUT2D eigenvalue weighted by Gasteiger charge is -2.17. The number of aryl methyl sites for hydroxylation is 2. The van der Waals surface area contributed by atoms with E-state index in [2.05, 4.69) is 17.2 Å². The molecule has 3 N–H and O–H groups in total. The molecule has 182 valence electrons. The molecule has 0 saturated heterocycles. The highest BCUT2D eigenvalue weighted by Gasteiger charge is 2.18. The third-order valence-corrected chi connectivity index (χ3v) is 6.25. The third-order valence-electron chi connectivity index (χ3n) is 6.25. The van der Waals surface area contributed by atoms with Crippen molar-refractivity contribution in [3.05, 3.63) is 63.1 Å². The van der Waals surface area contributed by atoms with Crippen LogP contribution in [0.25, 0.3) is 11.2 Å². The van der Waals surface area contributed by atoms with Crippen molar-refractivity contribution in [3.8, 4) is 0 Å². The minimum absolute atomic E-state index is 0. The number of hydrogen-bond donors (Lipinski definition) is 2. The van der Waals surface area contributed by atoms with Gasteiger partial charge in [-0.2, -0.15) is 0 Å². The highest BCUT2D eigenvalue weighted by Crippen LogP contribution is 2.14. The Hall–Kier alpha value is -2.42. The van der Waals surface area contributed by atoms with E-state index in [9.17, 15) is 14.7 Å². The van der Waals surface area contributed by atoms with E-state index in [1.807, 2.05) is 34.9 Å². The van der Waals surface area contributed by atoms with Gasteiger partial charge in [-0.3, -0.25) is 13.9 Å². The minimum Gasteiger partial charge on any atom is -1.00 e. The van der Waals surface area contributed by atoms with Gasteiger partial charge >= 0.3 is 5.69 Å². The van der Waals surface area contributed by atoms with Crippen molar-refractivity contribution in [1.82, 2.24) is 18.7 Å². The first-order valence-electron chi connectivity index (χ1n) is 11.6. The van der Waals surface area contributed by atoms with Crippen LogP contribution in [-0.4, -0.2) is 36.4 Å². The number of fused-ring (bicyclic) bond motifs is 1. The summed E-state index contributed by atoms with van der Waals surface area (Å²) in [5, 5.41) is 12.7. The zero-order chi connectivity index (χ0) is 23.1. The van der Waals surface area contributed by atoms with Gasteiger partial charge in [0.2, 0.25) is 0 Å². The molecule has 3 rings (SSSR count). The van der Waals surface area contributed by atoms with E-state index in [-0.39, 0.29) is 29.7 Å². The molecule has 2 aromatic heterocycles. The molecule has 1 aromatic carbocycles. The first kappa shape index (κ1) is 26.8. The normalized spacial score (nSPS) is 13.1. The lowest BCUT2D eigenvalue weighted by molar-refractivity contribution is -0.694. The molecule has 3 aromatic rings. The number of nitrogens with two attached hydrogens (primary N) is 1. The molecule has 0 aliphatic carbocycles. The van der Waals surface area contributed by atoms with Gasteiger partial charge in [0.1, 0.15) is 12.1 Å². The Kier molecular flexibility index (Phi) is 10.3. The van der Waals surface area contributed by atoms with Gasteiger partial charge < -0.3 is 27.4 Å². The number of unbranched alkanes of at least 4 members (excludes halogenated alkanes) is 5. The molecule has 2 atom stereocenters. The van der Waals surface area contributed by atoms with E-state index >= 15 is 0 Å². The number of hydrogen-bond acceptors (Lipinski definition) is 4. The highest BCUT2D eigenvalue weighted by molar-refractivity contribution is 5.69. The second kappa shape index (κ2) is 12.7. The van der Waals surface area contributed by atoms with Crippen LogP contribution in [0.4, 0.5) is 0 Å². The number of nitrogens with zero attached hydrogens (tertiary/aromatic N) is 4. The van der Waals surface area contributed by atoms with E-state index in [0.717, 1.165) is 48.9 Å². The van der Waals surface area contributed by atoms with Gasteiger partial charge in [-0.15, -0.1) is 0 Å². The summed E-state index contributed by atoms with van der Waals surface area (Å²) in [6.07, 6.45) is 7.96. The maximum absolute atomic E-state index is 12.5. The van der Waals surface area contributed by atoms with Gasteiger partial charge in [0, 0.05) is 20.6 Å². The predicted octanol–water partition coefficient (Wildman–Crippen LogP) is -1.54. The minimum atomic E-state index is -0.435. The van der Waals surface area contributed by atoms with Crippen LogP contribution in [0.15, 0.2) is 46.2 Å². The van der Waals surface area contributed by atoms with E-state index in [0.29, 0.717) is 11.2 Å². The maximum Gasteiger partial charge on any atom is 0.332 e. The van der Waals surface area contributed by atoms with Gasteiger partial charge in [0.15, 0.2) is 11.2 Å². The maximum atomic E-state index is 12.5. The van der Waals surface area contributed by atoms with Gasteiger partial charge in [-0.1, -0.05) is 49.6 Å². The fourth-order valence-corrected chi connectivity index (χ4v) is 4.16. The molecule has 0 aliphatic heterocycles. The average Bonchev–Trinajstić information content (AvgIpc) is 3.24. The predicted molar refractivity (Wildman–Crippen MR) is 126 cm³/mol. The zero-order valence-corrected chi connectivity index (χ0v) is 20.5. The van der Waals surface area contributed by atoms with Crippen LogP contribution in [0.3, 0.4) is 0 Å². The number of benzene rings is 1. The van der Waals surface area contributed by atoms with Crippen LogP contribution in [0.5, 0.6) is 0 Å². The number of aliphatic hydroxyl groups is 1. The summed E-state index contributed by atoms with van der Waals surface area (Å²) in [7, 11) is 3.14. The van der Waals surface area contributed by atoms with Crippen LogP contribution >= 0.6 is 0 Å². The average molecular weight is 478 g/mol. The number of halogens is 1. The summed E-state index contributed by atoms with van der Waals surface area (Å²) in [5.41, 5.74) is 1.28. The van der Waals surface area contributed by atoms with Crippen LogP contribution in [0.2, 0.25) is 0 Å². The molecule has 33 heavy (non-hydrogen) atoms. The monoisotopic (exact) mass is 477 g/mol. The molecular weight excluding hydrogens is 442 g/mol. The molecule has 0 radical (unpaired) electrons. The van der Waals surface area contributed by atoms with Crippen molar-refractivity contribution in [2.24, 2.45) is 14.1 Å². The molecule has 0 saturated carbocycles. The molecule has 0 spiro atoms. The van der Waals surface area contributed by atoms with E-state index in [4.69, 9.17) is 0 Å². The molecule has 0 amide bonds. The molecule has 0 aliphatic rings. The molecule has 8 nitrogen and oxygen atoms in total. The topological polar surface area (TPSA) is 98.7 Å². The highest BCUT2D eigenvalue weighted by atomic mass is 35.5. The summed E-state index contributed by atoms with van der Waals surface area (Å²) in [6, 6.07) is 9.98. The van der Waals surface area contributed by atoms with Crippen molar-refractivity contribution in [3.63, 3.8) is 0 Å². The van der Waals surface area contributed by atoms with E-state index in [1.165, 1.54) is 24.5 Å². The number of quaternary nitrogens is 1. The van der Waals surface area contributed by atoms with E-state index < -0.39 is 6.10 Å². The van der Waals surface area contributed by atoms with Crippen LogP contribution in [0, 0.1) is 0 Å². The first-order valence-corrected chi connectivity index (χ1v) is 11.6. The van der Waals surface area contributed by atoms with Crippen molar-refractivity contribution >= 4 is 11.2 Å². The van der Waals surface area contributed by atoms with Crippen molar-refractivity contribution in [1.29, 1.82) is 0 Å². The zero-order valence-electron chi connectivity index (χ0n) is 19.8. The molecule has 0 bridgehead atoms. The number of aliphatic hydroxyl groups excluding tert-OH is 1. The number of imidazole rings is 1. The second-order valence-corrected chi connectivity index (χ2v) is 8.68. The Labute approximate surface area is 200 Å². The Balaban J connectivity index is 0.00000385. The van der Waals surface area contributed by atoms with Crippen molar-refractivity contribution in [2.75, 3.05) is 6.54 Å². The quantitative estimate of drug-likeness (QED) is 0.309. The molecule has 0 fully saturated rings. The molecule has 9 heteroatoms. The first-order chi connectivity index (χ1) is 15.4. The molecular formula is C24H36ClN5O3. The van der Waals surface area contributed by atoms with Crippen LogP contribution < -0.4 is 29.0 Å². The number of rotatable bonds is 12. The summed E-state index contributed by atoms with van der Waals surface area (Å²) in [4.78, 5) is 28.7. The largest absolute Gasteiger partial charge is 1.00 e. The second-order valence-electron chi connectivity index (χ2n) is 8.68. The van der Waals surface area contributed by atoms with E-state index in [1.54, 1.807) is 13.4 Å². The van der Waals surface area contributed by atoms with Crippen molar-refractivity contribution in [2.45, 2.75) is 64.1 Å². The summed E-state index contributed by atoms with van der Waals surface area (Å²) >= 11 is 0. The van der Waals surface area contributed by atoms with Gasteiger partial charge in [-0.25, -0.2) is 9.78 Å². The smallest absolute Gasteiger partial charge is 0.332 e. The van der Waals surface area contributed by atoms with Gasteiger partial charge in [-0.05, 0) is 31.7 Å². The standard InChI is InChI=1S/C24H35N5O3.ClH/c1-18(21(30)19-13-9-8-10-14-19)25-15-11-6-4-5-7-12-16-29-17-26-22-20(29)23(31)28(3)24(32)27(22)2;/h8-10,13-14,17-18,21,25,30H,4-7,11-12,15-16H2,1-3H3;1H. The van der Waals surface area contributed by atoms with Crippen LogP contribution in [-0.2, 0) is 20.6 Å². The summed E-state index contributed by atoms with van der Waals surface area (Å²) in [6.45, 7) is 3.82. The SMILES string of the molecule is CC([NH2+]CCCCCCCCn1cnc2c1c(=O)n(C)c(=O)n2C)C(O)c1ccccc1.[Cl-]. The van der Waals surface area contributed by atoms with Crippen LogP contribution in [0.1, 0.15) is 57.1 Å². The Morgan fingerprint density at radius 1 is 0.970 bits per heavy atom. The summed E-state index contributed by atoms with van der Waals surface area (Å²) in [5.74, 6) is 0. The summed E-state index contributed by atoms with van der Waals surface area (Å²) < 4.78 is 4.42. The number of aromatic nitrogens is 4. The lowest BCUT2D eigenvalue weighted by Crippen LogP contribution is -3.00. The van der Waals surface area contributed by atoms with Gasteiger partial charge in [0.25, 0.3) is 5.56 Å². The fraction of sp³-hybridized carbons (Fsp3) is 0.542. The Morgan fingerprint density at radius 2 is 1.61 bits per heavy atom. The van der Waals surface area contributed by atoms with Crippen molar-refractivity contribution < 1.29 is 22.8 Å². The fourth-order valence-electron chi connectivity index (χ4n) is 4.16. The third kappa shape index (κ3) is 6.56. The molecule has 2 unspecified atom stereocenters. The van der Waals surface area contributed by atoms with Gasteiger partial charge in [0.05, 0.1) is 12.9 Å².